The van der Waals surface area contributed by atoms with Gasteiger partial charge in [0.15, 0.2) is 0 Å². The minimum Gasteiger partial charge on any atom is -0.462 e. The van der Waals surface area contributed by atoms with Crippen LogP contribution in [-0.2, 0) is 17.8 Å². The Balaban J connectivity index is 1.32. The molecular weight excluding hydrogens is 568 g/mol. The van der Waals surface area contributed by atoms with Crippen molar-refractivity contribution in [1.82, 2.24) is 30.0 Å². The highest BCUT2D eigenvalue weighted by molar-refractivity contribution is 5.93. The molecule has 2 fully saturated rings. The fourth-order valence-electron chi connectivity index (χ4n) is 6.84. The number of piperazine rings is 1. The monoisotopic (exact) mass is 605 g/mol. The summed E-state index contributed by atoms with van der Waals surface area (Å²) in [4.78, 5) is 30.2. The fourth-order valence-corrected chi connectivity index (χ4v) is 6.84. The Morgan fingerprint density at radius 3 is 2.89 bits per heavy atom. The van der Waals surface area contributed by atoms with Gasteiger partial charge in [0, 0.05) is 43.2 Å². The van der Waals surface area contributed by atoms with Crippen LogP contribution in [0.3, 0.4) is 0 Å². The zero-order chi connectivity index (χ0) is 30.8. The van der Waals surface area contributed by atoms with Crippen molar-refractivity contribution in [2.45, 2.75) is 57.7 Å². The quantitative estimate of drug-likeness (QED) is 0.366. The lowest BCUT2D eigenvalue weighted by Crippen LogP contribution is -2.55. The molecule has 3 aliphatic rings. The maximum absolute atomic E-state index is 13.2. The van der Waals surface area contributed by atoms with Crippen LogP contribution in [-0.4, -0.2) is 100 Å². The normalized spacial score (nSPS) is 20.7. The number of likely N-dealkylation sites (tertiary alicyclic amines) is 1. The number of rotatable bonds is 9. The first kappa shape index (κ1) is 29.7. The fraction of sp³-hybridized carbons (Fsp3) is 0.516. The van der Waals surface area contributed by atoms with E-state index in [1.807, 2.05) is 12.3 Å². The predicted octanol–water partition coefficient (Wildman–Crippen LogP) is 3.45. The number of nitrogens with zero attached hydrogens (tertiary/aromatic N) is 8. The molecule has 0 spiro atoms. The van der Waals surface area contributed by atoms with Gasteiger partial charge in [0.2, 0.25) is 5.91 Å². The summed E-state index contributed by atoms with van der Waals surface area (Å²) in [5.74, 6) is 0.551. The Morgan fingerprint density at radius 2 is 2.09 bits per heavy atom. The van der Waals surface area contributed by atoms with E-state index in [9.17, 15) is 18.8 Å². The number of carbonyl (C=O) groups is 1. The SMILES string of the molecule is C=CC(=O)N1CCN(c2nc(OCC3CCCN3CC(F)F)nc3c2CCN(c2c(C)ccc4[nH]ncc24)C3)CC1CC#N. The largest absolute Gasteiger partial charge is 0.462 e. The highest BCUT2D eigenvalue weighted by atomic mass is 19.3. The zero-order valence-corrected chi connectivity index (χ0v) is 24.9. The third-order valence-corrected chi connectivity index (χ3v) is 8.98. The highest BCUT2D eigenvalue weighted by Crippen LogP contribution is 2.36. The maximum atomic E-state index is 13.2. The number of anilines is 2. The van der Waals surface area contributed by atoms with Gasteiger partial charge in [0.25, 0.3) is 6.43 Å². The van der Waals surface area contributed by atoms with Crippen molar-refractivity contribution in [3.05, 3.63) is 47.8 Å². The lowest BCUT2D eigenvalue weighted by molar-refractivity contribution is -0.128. The van der Waals surface area contributed by atoms with Crippen LogP contribution in [0.25, 0.3) is 10.9 Å². The second kappa shape index (κ2) is 12.7. The predicted molar refractivity (Wildman–Crippen MR) is 162 cm³/mol. The van der Waals surface area contributed by atoms with Gasteiger partial charge in [-0.1, -0.05) is 12.6 Å². The smallest absolute Gasteiger partial charge is 0.318 e. The molecule has 1 N–H and O–H groups in total. The Hall–Kier alpha value is -4.31. The zero-order valence-electron chi connectivity index (χ0n) is 24.9. The number of H-pyrrole nitrogens is 1. The lowest BCUT2D eigenvalue weighted by Gasteiger charge is -2.42. The molecule has 1 amide bonds. The average Bonchev–Trinajstić information content (AvgIpc) is 3.68. The van der Waals surface area contributed by atoms with Gasteiger partial charge in [-0.3, -0.25) is 14.8 Å². The number of amides is 1. The Bertz CT molecular complexity index is 1570. The maximum Gasteiger partial charge on any atom is 0.318 e. The van der Waals surface area contributed by atoms with E-state index >= 15 is 0 Å². The third-order valence-electron chi connectivity index (χ3n) is 8.98. The molecule has 11 nitrogen and oxygen atoms in total. The first-order chi connectivity index (χ1) is 21.4. The van der Waals surface area contributed by atoms with Crippen LogP contribution < -0.4 is 14.5 Å². The van der Waals surface area contributed by atoms with Crippen LogP contribution in [0.1, 0.15) is 36.1 Å². The van der Waals surface area contributed by atoms with Gasteiger partial charge in [-0.15, -0.1) is 0 Å². The summed E-state index contributed by atoms with van der Waals surface area (Å²) >= 11 is 0. The summed E-state index contributed by atoms with van der Waals surface area (Å²) in [5, 5.41) is 17.9. The lowest BCUT2D eigenvalue weighted by atomic mass is 10.0. The van der Waals surface area contributed by atoms with E-state index in [4.69, 9.17) is 14.7 Å². The van der Waals surface area contributed by atoms with Gasteiger partial charge in [-0.2, -0.15) is 20.3 Å². The van der Waals surface area contributed by atoms with E-state index in [-0.39, 0.29) is 43.6 Å². The molecule has 1 aromatic carbocycles. The molecule has 0 aliphatic carbocycles. The molecule has 0 radical (unpaired) electrons. The summed E-state index contributed by atoms with van der Waals surface area (Å²) in [6, 6.07) is 6.10. The van der Waals surface area contributed by atoms with E-state index in [1.165, 1.54) is 6.08 Å². The number of nitriles is 1. The van der Waals surface area contributed by atoms with Crippen LogP contribution >= 0.6 is 0 Å². The number of alkyl halides is 2. The minimum atomic E-state index is -2.40. The highest BCUT2D eigenvalue weighted by Gasteiger charge is 2.34. The topological polar surface area (TPSA) is 118 Å². The van der Waals surface area contributed by atoms with Gasteiger partial charge >= 0.3 is 6.01 Å². The van der Waals surface area contributed by atoms with Crippen molar-refractivity contribution in [3.63, 3.8) is 0 Å². The molecule has 2 aromatic heterocycles. The number of carbonyl (C=O) groups excluding carboxylic acids is 1. The number of aromatic amines is 1. The van der Waals surface area contributed by atoms with Crippen molar-refractivity contribution in [3.8, 4) is 12.1 Å². The van der Waals surface area contributed by atoms with Crippen LogP contribution in [0, 0.1) is 18.3 Å². The first-order valence-electron chi connectivity index (χ1n) is 15.1. The number of nitrogens with one attached hydrogen (secondary N) is 1. The third kappa shape index (κ3) is 5.91. The number of ether oxygens (including phenoxy) is 1. The summed E-state index contributed by atoms with van der Waals surface area (Å²) in [6.07, 6.45) is 3.24. The van der Waals surface area contributed by atoms with Gasteiger partial charge < -0.3 is 19.4 Å². The molecule has 5 heterocycles. The van der Waals surface area contributed by atoms with Crippen molar-refractivity contribution < 1.29 is 18.3 Å². The number of aromatic nitrogens is 4. The number of halogens is 2. The van der Waals surface area contributed by atoms with Crippen molar-refractivity contribution in [1.29, 1.82) is 5.26 Å². The number of fused-ring (bicyclic) bond motifs is 2. The van der Waals surface area contributed by atoms with Gasteiger partial charge in [-0.25, -0.2) is 8.78 Å². The van der Waals surface area contributed by atoms with Gasteiger partial charge in [-0.05, 0) is 50.4 Å². The second-order valence-corrected chi connectivity index (χ2v) is 11.7. The summed E-state index contributed by atoms with van der Waals surface area (Å²) in [7, 11) is 0. The van der Waals surface area contributed by atoms with E-state index in [0.717, 1.165) is 58.6 Å². The molecule has 44 heavy (non-hydrogen) atoms. The number of benzene rings is 1. The Morgan fingerprint density at radius 1 is 1.23 bits per heavy atom. The van der Waals surface area contributed by atoms with E-state index in [0.29, 0.717) is 39.1 Å². The van der Waals surface area contributed by atoms with E-state index in [2.05, 4.69) is 45.6 Å². The second-order valence-electron chi connectivity index (χ2n) is 11.7. The molecule has 0 bridgehead atoms. The van der Waals surface area contributed by atoms with Crippen LogP contribution in [0.15, 0.2) is 31.0 Å². The molecule has 6 rings (SSSR count). The molecule has 3 aromatic rings. The molecular formula is C31H37F2N9O2. The standard InChI is InChI=1S/C31H37F2N9O2/c1-3-28(43)42-14-13-41(16-21(42)8-10-34)30-23-9-12-40(29-20(2)6-7-25-24(29)15-35-38-25)17-26(23)36-31(37-30)44-19-22-5-4-11-39(22)18-27(32)33/h3,6-7,15,21-22,27H,1,4-5,8-9,11-14,16-19H2,2H3,(H,35,38). The number of aryl methyl sites for hydroxylation is 1. The average molecular weight is 606 g/mol. The summed E-state index contributed by atoms with van der Waals surface area (Å²) < 4.78 is 32.5. The molecule has 2 saturated heterocycles. The van der Waals surface area contributed by atoms with Crippen LogP contribution in [0.5, 0.6) is 6.01 Å². The molecule has 232 valence electrons. The molecule has 2 atom stereocenters. The van der Waals surface area contributed by atoms with Crippen molar-refractivity contribution in [2.75, 3.05) is 55.7 Å². The number of hydrogen-bond acceptors (Lipinski definition) is 9. The minimum absolute atomic E-state index is 0.126. The van der Waals surface area contributed by atoms with E-state index in [1.54, 1.807) is 9.80 Å². The van der Waals surface area contributed by atoms with Gasteiger partial charge in [0.05, 0.1) is 54.7 Å². The molecule has 2 unspecified atom stereocenters. The van der Waals surface area contributed by atoms with Crippen molar-refractivity contribution >= 4 is 28.3 Å². The first-order valence-corrected chi connectivity index (χ1v) is 15.1. The van der Waals surface area contributed by atoms with Crippen LogP contribution in [0.2, 0.25) is 0 Å². The molecule has 0 saturated carbocycles. The van der Waals surface area contributed by atoms with E-state index < -0.39 is 6.43 Å². The Kier molecular flexibility index (Phi) is 8.61. The van der Waals surface area contributed by atoms with Gasteiger partial charge in [0.1, 0.15) is 12.4 Å². The summed E-state index contributed by atoms with van der Waals surface area (Å²) in [5.41, 5.74) is 5.06. The van der Waals surface area contributed by atoms with Crippen LogP contribution in [0.4, 0.5) is 20.3 Å². The van der Waals surface area contributed by atoms with Crippen molar-refractivity contribution in [2.24, 2.45) is 0 Å². The number of hydrogen-bond donors (Lipinski definition) is 1. The Labute approximate surface area is 255 Å². The molecule has 3 aliphatic heterocycles. The summed E-state index contributed by atoms with van der Waals surface area (Å²) in [6.45, 7) is 8.97. The molecule has 13 heteroatoms.